The van der Waals surface area contributed by atoms with Crippen LogP contribution in [0.1, 0.15) is 18.7 Å². The molecule has 1 N–H and O–H groups in total. The Labute approximate surface area is 139 Å². The van der Waals surface area contributed by atoms with Crippen molar-refractivity contribution in [3.05, 3.63) is 14.7 Å². The van der Waals surface area contributed by atoms with Crippen LogP contribution in [0, 0.1) is 0 Å². The van der Waals surface area contributed by atoms with Gasteiger partial charge in [-0.05, 0) is 42.5 Å². The summed E-state index contributed by atoms with van der Waals surface area (Å²) in [6.07, 6.45) is 0. The summed E-state index contributed by atoms with van der Waals surface area (Å²) in [5, 5.41) is 3.22. The molecule has 2 heterocycles. The van der Waals surface area contributed by atoms with Crippen LogP contribution >= 0.6 is 27.3 Å². The van der Waals surface area contributed by atoms with Crippen LogP contribution in [-0.4, -0.2) is 56.9 Å². The third kappa shape index (κ3) is 3.86. The molecule has 0 spiro atoms. The molecule has 1 atom stereocenters. The molecule has 1 aromatic heterocycles. The summed E-state index contributed by atoms with van der Waals surface area (Å²) in [4.78, 5) is 3.62. The van der Waals surface area contributed by atoms with Crippen LogP contribution in [0.2, 0.25) is 0 Å². The van der Waals surface area contributed by atoms with E-state index in [0.717, 1.165) is 18.0 Å². The van der Waals surface area contributed by atoms with Crippen molar-refractivity contribution < 1.29 is 8.42 Å². The summed E-state index contributed by atoms with van der Waals surface area (Å²) in [6, 6.07) is 2.03. The minimum atomic E-state index is -3.41. The van der Waals surface area contributed by atoms with Gasteiger partial charge in [-0.15, -0.1) is 11.3 Å². The van der Waals surface area contributed by atoms with Gasteiger partial charge >= 0.3 is 0 Å². The predicted molar refractivity (Wildman–Crippen MR) is 90.3 cm³/mol. The summed E-state index contributed by atoms with van der Waals surface area (Å²) >= 11 is 4.90. The molecule has 21 heavy (non-hydrogen) atoms. The number of sulfonamides is 1. The second kappa shape index (κ2) is 7.06. The second-order valence-electron chi connectivity index (χ2n) is 5.32. The minimum absolute atomic E-state index is 0.243. The Morgan fingerprint density at radius 1 is 1.48 bits per heavy atom. The Bertz CT molecular complexity index is 588. The van der Waals surface area contributed by atoms with Gasteiger partial charge in [0, 0.05) is 37.1 Å². The highest BCUT2D eigenvalue weighted by atomic mass is 79.9. The molecule has 0 aliphatic carbocycles. The smallest absolute Gasteiger partial charge is 0.245 e. The van der Waals surface area contributed by atoms with Gasteiger partial charge < -0.3 is 10.2 Å². The van der Waals surface area contributed by atoms with Crippen molar-refractivity contribution in [2.75, 3.05) is 33.2 Å². The van der Waals surface area contributed by atoms with Crippen molar-refractivity contribution in [1.29, 1.82) is 0 Å². The zero-order valence-corrected chi connectivity index (χ0v) is 15.8. The van der Waals surface area contributed by atoms with E-state index in [9.17, 15) is 8.42 Å². The largest absolute Gasteiger partial charge is 0.312 e. The van der Waals surface area contributed by atoms with Crippen LogP contribution in [0.5, 0.6) is 0 Å². The van der Waals surface area contributed by atoms with Gasteiger partial charge in [0.1, 0.15) is 4.90 Å². The molecule has 1 saturated heterocycles. The SMILES string of the molecule is CCNCc1cc(S(=O)(=O)N2CCN(C)C(C)C2)c(Br)s1. The molecular weight excluding hydrogens is 374 g/mol. The average Bonchev–Trinajstić information content (AvgIpc) is 2.81. The Balaban J connectivity index is 2.21. The Hall–Kier alpha value is 0.01000. The molecular formula is C13H22BrN3O2S2. The maximum Gasteiger partial charge on any atom is 0.245 e. The van der Waals surface area contributed by atoms with Crippen LogP contribution in [0.15, 0.2) is 14.7 Å². The van der Waals surface area contributed by atoms with Gasteiger partial charge in [-0.1, -0.05) is 6.92 Å². The Kier molecular flexibility index (Phi) is 5.84. The maximum absolute atomic E-state index is 12.8. The highest BCUT2D eigenvalue weighted by molar-refractivity contribution is 9.11. The van der Waals surface area contributed by atoms with E-state index in [-0.39, 0.29) is 6.04 Å². The Morgan fingerprint density at radius 2 is 2.19 bits per heavy atom. The van der Waals surface area contributed by atoms with Crippen molar-refractivity contribution in [2.24, 2.45) is 0 Å². The maximum atomic E-state index is 12.8. The van der Waals surface area contributed by atoms with E-state index in [1.165, 1.54) is 11.3 Å². The van der Waals surface area contributed by atoms with Gasteiger partial charge in [-0.3, -0.25) is 0 Å². The lowest BCUT2D eigenvalue weighted by molar-refractivity contribution is 0.159. The van der Waals surface area contributed by atoms with Gasteiger partial charge in [0.15, 0.2) is 0 Å². The monoisotopic (exact) mass is 395 g/mol. The molecule has 0 amide bonds. The van der Waals surface area contributed by atoms with E-state index in [2.05, 4.69) is 33.1 Å². The molecule has 5 nitrogen and oxygen atoms in total. The number of thiophene rings is 1. The molecule has 0 radical (unpaired) electrons. The number of nitrogens with zero attached hydrogens (tertiary/aromatic N) is 2. The number of likely N-dealkylation sites (N-methyl/N-ethyl adjacent to an activating group) is 1. The quantitative estimate of drug-likeness (QED) is 0.827. The van der Waals surface area contributed by atoms with Gasteiger partial charge in [0.05, 0.1) is 3.79 Å². The number of piperazine rings is 1. The van der Waals surface area contributed by atoms with Gasteiger partial charge in [0.2, 0.25) is 10.0 Å². The molecule has 0 bridgehead atoms. The first-order valence-corrected chi connectivity index (χ1v) is 10.1. The number of halogens is 1. The summed E-state index contributed by atoms with van der Waals surface area (Å²) in [7, 11) is -1.38. The average molecular weight is 396 g/mol. The van der Waals surface area contributed by atoms with E-state index in [1.54, 1.807) is 10.4 Å². The van der Waals surface area contributed by atoms with Crippen molar-refractivity contribution in [3.63, 3.8) is 0 Å². The molecule has 0 saturated carbocycles. The van der Waals surface area contributed by atoms with Crippen molar-refractivity contribution in [2.45, 2.75) is 31.3 Å². The summed E-state index contributed by atoms with van der Waals surface area (Å²) < 4.78 is 27.9. The van der Waals surface area contributed by atoms with E-state index in [4.69, 9.17) is 0 Å². The van der Waals surface area contributed by atoms with Crippen LogP contribution in [0.3, 0.4) is 0 Å². The second-order valence-corrected chi connectivity index (χ2v) is 9.68. The first-order chi connectivity index (χ1) is 9.86. The van der Waals surface area contributed by atoms with Gasteiger partial charge in [-0.25, -0.2) is 8.42 Å². The zero-order valence-electron chi connectivity index (χ0n) is 12.6. The molecule has 2 rings (SSSR count). The molecule has 120 valence electrons. The highest BCUT2D eigenvalue weighted by Gasteiger charge is 2.33. The van der Waals surface area contributed by atoms with Crippen molar-refractivity contribution in [1.82, 2.24) is 14.5 Å². The standard InChI is InChI=1S/C13H22BrN3O2S2/c1-4-15-8-11-7-12(13(14)20-11)21(18,19)17-6-5-16(3)10(2)9-17/h7,10,15H,4-6,8-9H2,1-3H3. The third-order valence-electron chi connectivity index (χ3n) is 3.80. The normalized spacial score (nSPS) is 21.8. The lowest BCUT2D eigenvalue weighted by Gasteiger charge is -2.36. The number of hydrogen-bond acceptors (Lipinski definition) is 5. The topological polar surface area (TPSA) is 52.7 Å². The molecule has 1 aliphatic heterocycles. The molecule has 1 unspecified atom stereocenters. The first-order valence-electron chi connectivity index (χ1n) is 7.05. The van der Waals surface area contributed by atoms with Crippen LogP contribution in [-0.2, 0) is 16.6 Å². The molecule has 0 aromatic carbocycles. The lowest BCUT2D eigenvalue weighted by atomic mass is 10.2. The third-order valence-corrected chi connectivity index (χ3v) is 7.91. The zero-order chi connectivity index (χ0) is 15.6. The minimum Gasteiger partial charge on any atom is -0.312 e. The van der Waals surface area contributed by atoms with Gasteiger partial charge in [0.25, 0.3) is 0 Å². The van der Waals surface area contributed by atoms with E-state index < -0.39 is 10.0 Å². The fourth-order valence-electron chi connectivity index (χ4n) is 2.28. The number of rotatable bonds is 5. The van der Waals surface area contributed by atoms with E-state index >= 15 is 0 Å². The van der Waals surface area contributed by atoms with Crippen LogP contribution < -0.4 is 5.32 Å². The summed E-state index contributed by atoms with van der Waals surface area (Å²) in [6.45, 7) is 7.53. The lowest BCUT2D eigenvalue weighted by Crippen LogP contribution is -2.51. The molecule has 8 heteroatoms. The number of nitrogens with one attached hydrogen (secondary N) is 1. The number of hydrogen-bond donors (Lipinski definition) is 1. The first kappa shape index (κ1) is 17.4. The predicted octanol–water partition coefficient (Wildman–Crippen LogP) is 1.94. The fraction of sp³-hybridized carbons (Fsp3) is 0.692. The summed E-state index contributed by atoms with van der Waals surface area (Å²) in [5.41, 5.74) is 0. The fourth-order valence-corrected chi connectivity index (χ4v) is 6.40. The van der Waals surface area contributed by atoms with E-state index in [0.29, 0.717) is 28.3 Å². The Morgan fingerprint density at radius 3 is 2.81 bits per heavy atom. The van der Waals surface area contributed by atoms with Gasteiger partial charge in [-0.2, -0.15) is 4.31 Å². The van der Waals surface area contributed by atoms with Crippen LogP contribution in [0.4, 0.5) is 0 Å². The van der Waals surface area contributed by atoms with Crippen molar-refractivity contribution in [3.8, 4) is 0 Å². The van der Waals surface area contributed by atoms with E-state index in [1.807, 2.05) is 14.0 Å². The van der Waals surface area contributed by atoms with Crippen molar-refractivity contribution >= 4 is 37.3 Å². The summed E-state index contributed by atoms with van der Waals surface area (Å²) in [5.74, 6) is 0. The van der Waals surface area contributed by atoms with Crippen LogP contribution in [0.25, 0.3) is 0 Å². The molecule has 1 fully saturated rings. The highest BCUT2D eigenvalue weighted by Crippen LogP contribution is 2.34. The molecule has 1 aromatic rings. The molecule has 1 aliphatic rings.